The number of carbonyl (C=O) groups is 1. The van der Waals surface area contributed by atoms with E-state index in [2.05, 4.69) is 0 Å². The molecule has 0 bridgehead atoms. The minimum atomic E-state index is -4.07. The van der Waals surface area contributed by atoms with Gasteiger partial charge in [-0.2, -0.15) is 0 Å². The molecule has 136 valence electrons. The molecule has 1 amide bonds. The van der Waals surface area contributed by atoms with Crippen molar-refractivity contribution in [3.63, 3.8) is 0 Å². The fraction of sp³-hybridized carbons (Fsp3) is 0.167. The summed E-state index contributed by atoms with van der Waals surface area (Å²) in [6, 6.07) is 9.65. The molecular weight excluding hydrogens is 361 g/mol. The number of sulfonamides is 1. The standard InChI is InChI=1S/C18H16FNO5S/c1-12(13-2-4-14(19)5-3-13)10-18(21)20-26(22,23)15-6-7-16-17(11-15)25-9-8-24-16/h2-7,10-11H,8-9H2,1H3,(H,20,21). The van der Waals surface area contributed by atoms with Gasteiger partial charge < -0.3 is 9.47 Å². The highest BCUT2D eigenvalue weighted by molar-refractivity contribution is 7.90. The predicted octanol–water partition coefficient (Wildman–Crippen LogP) is 2.51. The average molecular weight is 377 g/mol. The maximum Gasteiger partial charge on any atom is 0.264 e. The Morgan fingerprint density at radius 2 is 1.73 bits per heavy atom. The summed E-state index contributed by atoms with van der Waals surface area (Å²) in [4.78, 5) is 12.0. The molecule has 0 radical (unpaired) electrons. The monoisotopic (exact) mass is 377 g/mol. The highest BCUT2D eigenvalue weighted by Gasteiger charge is 2.21. The molecule has 2 aromatic rings. The molecule has 0 saturated heterocycles. The Bertz CT molecular complexity index is 968. The summed E-state index contributed by atoms with van der Waals surface area (Å²) >= 11 is 0. The Hall–Kier alpha value is -2.87. The van der Waals surface area contributed by atoms with Crippen LogP contribution in [0.25, 0.3) is 5.57 Å². The van der Waals surface area contributed by atoms with Crippen LogP contribution in [0.1, 0.15) is 12.5 Å². The third-order valence-electron chi connectivity index (χ3n) is 3.71. The van der Waals surface area contributed by atoms with Gasteiger partial charge in [0.2, 0.25) is 0 Å². The van der Waals surface area contributed by atoms with Crippen LogP contribution in [0.3, 0.4) is 0 Å². The fourth-order valence-electron chi connectivity index (χ4n) is 2.40. The van der Waals surface area contributed by atoms with E-state index in [9.17, 15) is 17.6 Å². The highest BCUT2D eigenvalue weighted by Crippen LogP contribution is 2.32. The van der Waals surface area contributed by atoms with Crippen LogP contribution in [0.2, 0.25) is 0 Å². The molecule has 1 aliphatic heterocycles. The largest absolute Gasteiger partial charge is 0.486 e. The maximum atomic E-state index is 12.9. The summed E-state index contributed by atoms with van der Waals surface area (Å²) in [6.45, 7) is 2.34. The Morgan fingerprint density at radius 3 is 2.42 bits per heavy atom. The number of fused-ring (bicyclic) bond motifs is 1. The molecule has 0 unspecified atom stereocenters. The molecule has 1 N–H and O–H groups in total. The number of rotatable bonds is 4. The Kier molecular flexibility index (Phi) is 4.94. The van der Waals surface area contributed by atoms with Crippen LogP contribution in [0.15, 0.2) is 53.4 Å². The lowest BCUT2D eigenvalue weighted by atomic mass is 10.1. The third kappa shape index (κ3) is 4.02. The molecule has 26 heavy (non-hydrogen) atoms. The van der Waals surface area contributed by atoms with E-state index < -0.39 is 21.7 Å². The summed E-state index contributed by atoms with van der Waals surface area (Å²) in [5.74, 6) is -0.438. The molecule has 8 heteroatoms. The molecular formula is C18H16FNO5S. The van der Waals surface area contributed by atoms with Gasteiger partial charge in [-0.1, -0.05) is 12.1 Å². The van der Waals surface area contributed by atoms with Crippen LogP contribution < -0.4 is 14.2 Å². The van der Waals surface area contributed by atoms with E-state index >= 15 is 0 Å². The van der Waals surface area contributed by atoms with Crippen LogP contribution in [0.5, 0.6) is 11.5 Å². The summed E-state index contributed by atoms with van der Waals surface area (Å²) in [6.07, 6.45) is 1.14. The number of halogens is 1. The molecule has 3 rings (SSSR count). The number of hydrogen-bond acceptors (Lipinski definition) is 5. The van der Waals surface area contributed by atoms with Crippen molar-refractivity contribution in [3.05, 3.63) is 59.9 Å². The Labute approximate surface area is 150 Å². The van der Waals surface area contributed by atoms with Crippen LogP contribution in [0.4, 0.5) is 4.39 Å². The Balaban J connectivity index is 1.77. The van der Waals surface area contributed by atoms with Gasteiger partial charge in [-0.15, -0.1) is 0 Å². The van der Waals surface area contributed by atoms with Crippen LogP contribution >= 0.6 is 0 Å². The smallest absolute Gasteiger partial charge is 0.264 e. The number of nitrogens with one attached hydrogen (secondary N) is 1. The molecule has 6 nitrogen and oxygen atoms in total. The van der Waals surface area contributed by atoms with Gasteiger partial charge in [-0.05, 0) is 42.3 Å². The van der Waals surface area contributed by atoms with E-state index in [1.165, 1.54) is 42.5 Å². The summed E-state index contributed by atoms with van der Waals surface area (Å²) < 4.78 is 50.4. The first kappa shape index (κ1) is 17.9. The summed E-state index contributed by atoms with van der Waals surface area (Å²) in [5.41, 5.74) is 1.11. The second-order valence-electron chi connectivity index (χ2n) is 5.61. The maximum absolute atomic E-state index is 12.9. The van der Waals surface area contributed by atoms with Gasteiger partial charge >= 0.3 is 0 Å². The third-order valence-corrected chi connectivity index (χ3v) is 5.05. The second-order valence-corrected chi connectivity index (χ2v) is 7.29. The van der Waals surface area contributed by atoms with Crippen molar-refractivity contribution < 1.29 is 27.1 Å². The fourth-order valence-corrected chi connectivity index (χ4v) is 3.36. The van der Waals surface area contributed by atoms with E-state index in [0.717, 1.165) is 6.08 Å². The first-order valence-electron chi connectivity index (χ1n) is 7.76. The minimum Gasteiger partial charge on any atom is -0.486 e. The van der Waals surface area contributed by atoms with E-state index in [1.807, 2.05) is 4.72 Å². The van der Waals surface area contributed by atoms with Gasteiger partial charge in [0.25, 0.3) is 15.9 Å². The van der Waals surface area contributed by atoms with Crippen molar-refractivity contribution in [2.75, 3.05) is 13.2 Å². The van der Waals surface area contributed by atoms with Gasteiger partial charge in [-0.25, -0.2) is 17.5 Å². The zero-order chi connectivity index (χ0) is 18.7. The van der Waals surface area contributed by atoms with E-state index in [4.69, 9.17) is 9.47 Å². The van der Waals surface area contributed by atoms with Crippen molar-refractivity contribution in [2.45, 2.75) is 11.8 Å². The van der Waals surface area contributed by atoms with Gasteiger partial charge in [0.05, 0.1) is 4.90 Å². The zero-order valence-electron chi connectivity index (χ0n) is 13.9. The molecule has 0 aromatic heterocycles. The molecule has 1 aliphatic rings. The number of carbonyl (C=O) groups excluding carboxylic acids is 1. The molecule has 0 atom stereocenters. The van der Waals surface area contributed by atoms with Crippen LogP contribution in [0, 0.1) is 5.82 Å². The molecule has 1 heterocycles. The van der Waals surface area contributed by atoms with E-state index in [1.54, 1.807) is 6.92 Å². The number of hydrogen-bond donors (Lipinski definition) is 1. The number of benzene rings is 2. The van der Waals surface area contributed by atoms with E-state index in [-0.39, 0.29) is 4.90 Å². The first-order chi connectivity index (χ1) is 12.3. The molecule has 0 aliphatic carbocycles. The van der Waals surface area contributed by atoms with Crippen molar-refractivity contribution in [1.82, 2.24) is 4.72 Å². The molecule has 2 aromatic carbocycles. The highest BCUT2D eigenvalue weighted by atomic mass is 32.2. The normalized spacial score (nSPS) is 14.0. The Morgan fingerprint density at radius 1 is 1.08 bits per heavy atom. The molecule has 0 spiro atoms. The minimum absolute atomic E-state index is 0.108. The second kappa shape index (κ2) is 7.17. The van der Waals surface area contributed by atoms with Crippen LogP contribution in [-0.2, 0) is 14.8 Å². The van der Waals surface area contributed by atoms with E-state index in [0.29, 0.717) is 35.8 Å². The van der Waals surface area contributed by atoms with Crippen LogP contribution in [-0.4, -0.2) is 27.5 Å². The van der Waals surface area contributed by atoms with Gasteiger partial charge in [0.1, 0.15) is 19.0 Å². The number of allylic oxidation sites excluding steroid dienone is 1. The van der Waals surface area contributed by atoms with Crippen molar-refractivity contribution >= 4 is 21.5 Å². The van der Waals surface area contributed by atoms with Gasteiger partial charge in [-0.3, -0.25) is 4.79 Å². The SMILES string of the molecule is CC(=CC(=O)NS(=O)(=O)c1ccc2c(c1)OCCO2)c1ccc(F)cc1. The van der Waals surface area contributed by atoms with Crippen molar-refractivity contribution in [1.29, 1.82) is 0 Å². The number of amides is 1. The van der Waals surface area contributed by atoms with Gasteiger partial charge in [0.15, 0.2) is 11.5 Å². The molecule has 0 fully saturated rings. The average Bonchev–Trinajstić information content (AvgIpc) is 2.61. The summed E-state index contributed by atoms with van der Waals surface area (Å²) in [5, 5.41) is 0. The topological polar surface area (TPSA) is 81.7 Å². The first-order valence-corrected chi connectivity index (χ1v) is 9.24. The zero-order valence-corrected chi connectivity index (χ0v) is 14.7. The number of ether oxygens (including phenoxy) is 2. The predicted molar refractivity (Wildman–Crippen MR) is 92.8 cm³/mol. The van der Waals surface area contributed by atoms with Crippen molar-refractivity contribution in [2.24, 2.45) is 0 Å². The lowest BCUT2D eigenvalue weighted by Crippen LogP contribution is -2.29. The van der Waals surface area contributed by atoms with Gasteiger partial charge in [0, 0.05) is 12.1 Å². The summed E-state index contributed by atoms with van der Waals surface area (Å²) in [7, 11) is -4.07. The molecule has 0 saturated carbocycles. The quantitative estimate of drug-likeness (QED) is 0.828. The lowest BCUT2D eigenvalue weighted by Gasteiger charge is -2.18. The lowest BCUT2D eigenvalue weighted by molar-refractivity contribution is -0.114. The van der Waals surface area contributed by atoms with Crippen molar-refractivity contribution in [3.8, 4) is 11.5 Å².